The van der Waals surface area contributed by atoms with Crippen molar-refractivity contribution in [3.63, 3.8) is 0 Å². The van der Waals surface area contributed by atoms with Crippen molar-refractivity contribution < 1.29 is 9.59 Å². The summed E-state index contributed by atoms with van der Waals surface area (Å²) in [5.41, 5.74) is 1.75. The van der Waals surface area contributed by atoms with E-state index < -0.39 is 0 Å². The van der Waals surface area contributed by atoms with Crippen LogP contribution in [-0.4, -0.2) is 16.7 Å². The van der Waals surface area contributed by atoms with E-state index in [4.69, 9.17) is 23.2 Å². The summed E-state index contributed by atoms with van der Waals surface area (Å²) in [6.45, 7) is 6.08. The molecule has 0 bridgehead atoms. The third kappa shape index (κ3) is 2.34. The van der Waals surface area contributed by atoms with E-state index in [-0.39, 0.29) is 38.9 Å². The number of nitrogens with one attached hydrogen (secondary N) is 1. The van der Waals surface area contributed by atoms with Gasteiger partial charge < -0.3 is 5.32 Å². The fourth-order valence-corrected chi connectivity index (χ4v) is 3.94. The molecule has 0 radical (unpaired) electrons. The number of carbonyl (C=O) groups excluding carboxylic acids is 2. The first-order valence-electron chi connectivity index (χ1n) is 7.11. The monoisotopic (exact) mass is 338 g/mol. The molecule has 2 aliphatic carbocycles. The molecule has 1 heterocycles. The smallest absolute Gasteiger partial charge is 0.258 e. The maximum atomic E-state index is 12.3. The van der Waals surface area contributed by atoms with Crippen LogP contribution in [0.1, 0.15) is 37.6 Å². The van der Waals surface area contributed by atoms with Crippen molar-refractivity contribution in [2.45, 2.75) is 27.2 Å². The van der Waals surface area contributed by atoms with Crippen LogP contribution in [0.2, 0.25) is 10.3 Å². The maximum Gasteiger partial charge on any atom is 0.258 e. The van der Waals surface area contributed by atoms with Gasteiger partial charge in [0.05, 0.1) is 5.56 Å². The highest BCUT2D eigenvalue weighted by atomic mass is 35.5. The van der Waals surface area contributed by atoms with Crippen molar-refractivity contribution in [3.05, 3.63) is 39.3 Å². The molecule has 6 heteroatoms. The average Bonchev–Trinajstić information content (AvgIpc) is 2.78. The van der Waals surface area contributed by atoms with E-state index in [2.05, 4.69) is 24.1 Å². The zero-order valence-corrected chi connectivity index (χ0v) is 14.0. The van der Waals surface area contributed by atoms with Crippen LogP contribution in [0.15, 0.2) is 23.4 Å². The average molecular weight is 339 g/mol. The molecule has 1 aromatic rings. The van der Waals surface area contributed by atoms with Crippen molar-refractivity contribution in [1.82, 2.24) is 10.3 Å². The molecule has 116 valence electrons. The molecule has 0 spiro atoms. The van der Waals surface area contributed by atoms with E-state index in [1.807, 2.05) is 0 Å². The number of Topliss-reactive ketones (excluding diaryl/α,β-unsaturated/α-hetero) is 1. The molecule has 1 aromatic heterocycles. The highest BCUT2D eigenvalue weighted by molar-refractivity contribution is 6.34. The molecule has 3 rings (SSSR count). The van der Waals surface area contributed by atoms with Crippen LogP contribution in [0.25, 0.3) is 0 Å². The number of amides is 1. The van der Waals surface area contributed by atoms with Gasteiger partial charge in [-0.05, 0) is 36.3 Å². The first-order valence-corrected chi connectivity index (χ1v) is 7.86. The Hall–Kier alpha value is -1.39. The number of halogens is 2. The first-order chi connectivity index (χ1) is 10.2. The molecule has 2 aliphatic rings. The fraction of sp³-hybridized carbons (Fsp3) is 0.438. The summed E-state index contributed by atoms with van der Waals surface area (Å²) in [5, 5.41) is 3.05. The molecule has 0 aromatic carbocycles. The third-order valence-electron chi connectivity index (χ3n) is 4.83. The van der Waals surface area contributed by atoms with Crippen molar-refractivity contribution in [3.8, 4) is 0 Å². The second-order valence-electron chi connectivity index (χ2n) is 6.50. The van der Waals surface area contributed by atoms with Gasteiger partial charge in [0, 0.05) is 17.7 Å². The molecular weight excluding hydrogens is 323 g/mol. The summed E-state index contributed by atoms with van der Waals surface area (Å²) in [6.07, 6.45) is 0.573. The van der Waals surface area contributed by atoms with Gasteiger partial charge in [-0.25, -0.2) is 4.98 Å². The number of hydrogen-bond acceptors (Lipinski definition) is 3. The van der Waals surface area contributed by atoms with Crippen molar-refractivity contribution >= 4 is 34.9 Å². The normalized spacial score (nSPS) is 27.4. The summed E-state index contributed by atoms with van der Waals surface area (Å²) in [6, 6.07) is 3.02. The lowest BCUT2D eigenvalue weighted by Gasteiger charge is -2.14. The number of hydrogen-bond donors (Lipinski definition) is 1. The maximum absolute atomic E-state index is 12.3. The van der Waals surface area contributed by atoms with Gasteiger partial charge in [0.15, 0.2) is 5.78 Å². The number of ketones is 1. The number of allylic oxidation sites excluding steroid dienone is 2. The van der Waals surface area contributed by atoms with E-state index in [1.165, 1.54) is 12.1 Å². The second-order valence-corrected chi connectivity index (χ2v) is 7.24. The zero-order valence-electron chi connectivity index (χ0n) is 12.5. The van der Waals surface area contributed by atoms with Crippen LogP contribution in [0.3, 0.4) is 0 Å². The van der Waals surface area contributed by atoms with Crippen LogP contribution < -0.4 is 5.32 Å². The Balaban J connectivity index is 1.85. The molecule has 0 aliphatic heterocycles. The molecular formula is C16H16Cl2N2O2. The summed E-state index contributed by atoms with van der Waals surface area (Å²) >= 11 is 11.7. The Kier molecular flexibility index (Phi) is 3.57. The van der Waals surface area contributed by atoms with Gasteiger partial charge in [-0.15, -0.1) is 0 Å². The van der Waals surface area contributed by atoms with Gasteiger partial charge in [-0.1, -0.05) is 37.0 Å². The van der Waals surface area contributed by atoms with Crippen molar-refractivity contribution in [2.24, 2.45) is 17.3 Å². The lowest BCUT2D eigenvalue weighted by atomic mass is 9.95. The minimum Gasteiger partial charge on any atom is -0.325 e. The first kappa shape index (κ1) is 15.5. The topological polar surface area (TPSA) is 59.1 Å². The summed E-state index contributed by atoms with van der Waals surface area (Å²) in [7, 11) is 0. The quantitative estimate of drug-likeness (QED) is 0.661. The molecule has 1 amide bonds. The number of pyridine rings is 1. The van der Waals surface area contributed by atoms with E-state index in [1.54, 1.807) is 6.92 Å². The number of aromatic nitrogens is 1. The van der Waals surface area contributed by atoms with E-state index in [0.29, 0.717) is 18.0 Å². The molecule has 22 heavy (non-hydrogen) atoms. The lowest BCUT2D eigenvalue weighted by molar-refractivity contribution is -0.115. The van der Waals surface area contributed by atoms with E-state index in [0.717, 1.165) is 5.57 Å². The van der Waals surface area contributed by atoms with Crippen LogP contribution in [0.4, 0.5) is 0 Å². The van der Waals surface area contributed by atoms with Crippen molar-refractivity contribution in [2.75, 3.05) is 0 Å². The minimum absolute atomic E-state index is 0.0465. The number of fused-ring (bicyclic) bond motifs is 1. The van der Waals surface area contributed by atoms with Gasteiger partial charge in [0.2, 0.25) is 0 Å². The van der Waals surface area contributed by atoms with Crippen molar-refractivity contribution in [1.29, 1.82) is 0 Å². The van der Waals surface area contributed by atoms with Crippen LogP contribution in [-0.2, 0) is 4.79 Å². The van der Waals surface area contributed by atoms with Gasteiger partial charge in [-0.2, -0.15) is 0 Å². The summed E-state index contributed by atoms with van der Waals surface area (Å²) < 4.78 is 0. The highest BCUT2D eigenvalue weighted by Gasteiger charge is 2.65. The van der Waals surface area contributed by atoms with Gasteiger partial charge in [0.25, 0.3) is 5.91 Å². The SMILES string of the molecule is CC(NC(=O)c1ccc(Cl)nc1Cl)=C1C(=O)C[C@@H]2[C@H]1C2(C)C. The molecule has 2 saturated carbocycles. The standard InChI is InChI=1S/C16H16Cl2N2O2/c1-7(12-10(21)6-9-13(12)16(9,2)3)19-15(22)8-4-5-11(17)20-14(8)18/h4-5,9,13H,6H2,1-3H3,(H,19,22)/t9-,13-/m1/s1. The molecule has 2 atom stereocenters. The van der Waals surface area contributed by atoms with Crippen LogP contribution in [0.5, 0.6) is 0 Å². The van der Waals surface area contributed by atoms with Gasteiger partial charge in [-0.3, -0.25) is 9.59 Å². The third-order valence-corrected chi connectivity index (χ3v) is 5.33. The highest BCUT2D eigenvalue weighted by Crippen LogP contribution is 2.68. The van der Waals surface area contributed by atoms with Crippen LogP contribution in [0, 0.1) is 17.3 Å². The zero-order chi connectivity index (χ0) is 16.2. The van der Waals surface area contributed by atoms with Gasteiger partial charge in [0.1, 0.15) is 10.3 Å². The van der Waals surface area contributed by atoms with E-state index in [9.17, 15) is 9.59 Å². The largest absolute Gasteiger partial charge is 0.325 e. The Bertz CT molecular complexity index is 725. The van der Waals surface area contributed by atoms with Crippen LogP contribution >= 0.6 is 23.2 Å². The summed E-state index contributed by atoms with van der Waals surface area (Å²) in [5.74, 6) is 0.406. The minimum atomic E-state index is -0.381. The predicted octanol–water partition coefficient (Wildman–Crippen LogP) is 3.64. The number of rotatable bonds is 2. The molecule has 0 saturated heterocycles. The molecule has 4 nitrogen and oxygen atoms in total. The number of nitrogens with zero attached hydrogens (tertiary/aromatic N) is 1. The lowest BCUT2D eigenvalue weighted by Crippen LogP contribution is -2.25. The molecule has 0 unspecified atom stereocenters. The molecule has 2 fully saturated rings. The Morgan fingerprint density at radius 1 is 1.36 bits per heavy atom. The van der Waals surface area contributed by atoms with E-state index >= 15 is 0 Å². The summed E-state index contributed by atoms with van der Waals surface area (Å²) in [4.78, 5) is 28.3. The second kappa shape index (κ2) is 5.07. The Morgan fingerprint density at radius 3 is 2.64 bits per heavy atom. The Labute approximate surface area is 138 Å². The van der Waals surface area contributed by atoms with Gasteiger partial charge >= 0.3 is 0 Å². The molecule has 1 N–H and O–H groups in total. The Morgan fingerprint density at radius 2 is 2.05 bits per heavy atom. The number of carbonyl (C=O) groups is 2. The predicted molar refractivity (Wildman–Crippen MR) is 84.8 cm³/mol. The fourth-order valence-electron chi connectivity index (χ4n) is 3.51.